The normalized spacial score (nSPS) is 12.6. The Morgan fingerprint density at radius 3 is 2.19 bits per heavy atom. The van der Waals surface area contributed by atoms with Crippen LogP contribution in [0, 0.1) is 13.8 Å². The molecule has 0 atom stereocenters. The van der Waals surface area contributed by atoms with E-state index in [4.69, 9.17) is 14.2 Å². The Kier molecular flexibility index (Phi) is 6.32. The van der Waals surface area contributed by atoms with Crippen molar-refractivity contribution in [1.82, 2.24) is 0 Å². The Balaban J connectivity index is 1.62. The smallest absolute Gasteiger partial charge is 0.234 e. The van der Waals surface area contributed by atoms with Crippen molar-refractivity contribution in [2.45, 2.75) is 13.8 Å². The number of hydrogen-bond donors (Lipinski definition) is 0. The van der Waals surface area contributed by atoms with Crippen molar-refractivity contribution in [3.8, 4) is 27.3 Å². The van der Waals surface area contributed by atoms with Crippen LogP contribution in [-0.2, 0) is 9.47 Å². The Hall–Kier alpha value is -2.80. The predicted molar refractivity (Wildman–Crippen MR) is 122 cm³/mol. The van der Waals surface area contributed by atoms with E-state index in [-0.39, 0.29) is 0 Å². The van der Waals surface area contributed by atoms with Gasteiger partial charge in [-0.1, -0.05) is 29.8 Å². The number of ether oxygens (including phenoxy) is 3. The molecule has 160 valence electrons. The molecule has 1 heterocycles. The second-order valence-electron chi connectivity index (χ2n) is 7.47. The highest BCUT2D eigenvalue weighted by atomic mass is 32.1. The summed E-state index contributed by atoms with van der Waals surface area (Å²) in [7, 11) is 1.64. The largest absolute Gasteiger partial charge is 0.490 e. The summed E-state index contributed by atoms with van der Waals surface area (Å²) < 4.78 is 16.4. The number of rotatable bonds is 8. The minimum atomic E-state index is -0.461. The standard InChI is InChI=1S/C25H24O5S/c1-15-4-6-18-19-7-5-17(14-21(19)24(27)23(26)20(18)12-15)25-22(13-16(2)31-25)30-11-10-29-9-8-28-3/h4-7,12-14H,8-11H2,1-3H3. The number of carbonyl (C=O) groups is 2. The molecule has 3 aromatic rings. The van der Waals surface area contributed by atoms with Gasteiger partial charge < -0.3 is 14.2 Å². The molecule has 0 amide bonds. The Labute approximate surface area is 185 Å². The summed E-state index contributed by atoms with van der Waals surface area (Å²) in [6, 6.07) is 13.4. The van der Waals surface area contributed by atoms with Crippen LogP contribution in [0.3, 0.4) is 0 Å². The van der Waals surface area contributed by atoms with Crippen LogP contribution >= 0.6 is 11.3 Å². The Morgan fingerprint density at radius 2 is 1.45 bits per heavy atom. The lowest BCUT2D eigenvalue weighted by atomic mass is 9.82. The third-order valence-electron chi connectivity index (χ3n) is 5.18. The van der Waals surface area contributed by atoms with Crippen LogP contribution < -0.4 is 4.74 Å². The lowest BCUT2D eigenvalue weighted by molar-refractivity contribution is 0.0546. The van der Waals surface area contributed by atoms with Gasteiger partial charge in [0.25, 0.3) is 0 Å². The summed E-state index contributed by atoms with van der Waals surface area (Å²) in [5.41, 5.74) is 4.36. The third-order valence-corrected chi connectivity index (χ3v) is 6.26. The first-order valence-corrected chi connectivity index (χ1v) is 11.0. The molecular formula is C25H24O5S. The zero-order chi connectivity index (χ0) is 22.0. The van der Waals surface area contributed by atoms with E-state index >= 15 is 0 Å². The van der Waals surface area contributed by atoms with Crippen molar-refractivity contribution >= 4 is 22.9 Å². The summed E-state index contributed by atoms with van der Waals surface area (Å²) in [6.07, 6.45) is 0. The SMILES string of the molecule is COCCOCCOc1cc(C)sc1-c1ccc2c(c1)C(=O)C(=O)c1cc(C)ccc1-2. The van der Waals surface area contributed by atoms with Gasteiger partial charge in [0.15, 0.2) is 0 Å². The third kappa shape index (κ3) is 4.32. The van der Waals surface area contributed by atoms with Crippen molar-refractivity contribution in [3.63, 3.8) is 0 Å². The molecule has 6 heteroatoms. The molecule has 1 aliphatic rings. The number of thiophene rings is 1. The topological polar surface area (TPSA) is 61.8 Å². The summed E-state index contributed by atoms with van der Waals surface area (Å²) in [5, 5.41) is 0. The molecule has 0 fully saturated rings. The van der Waals surface area contributed by atoms with Crippen molar-refractivity contribution in [2.75, 3.05) is 33.5 Å². The number of aryl methyl sites for hydroxylation is 2. The first kappa shape index (κ1) is 21.4. The van der Waals surface area contributed by atoms with Crippen LogP contribution in [0.5, 0.6) is 5.75 Å². The maximum absolute atomic E-state index is 12.9. The van der Waals surface area contributed by atoms with Gasteiger partial charge in [-0.2, -0.15) is 0 Å². The van der Waals surface area contributed by atoms with Crippen LogP contribution in [0.25, 0.3) is 21.6 Å². The molecule has 0 unspecified atom stereocenters. The zero-order valence-corrected chi connectivity index (χ0v) is 18.6. The van der Waals surface area contributed by atoms with Crippen LogP contribution in [-0.4, -0.2) is 45.1 Å². The number of methoxy groups -OCH3 is 1. The van der Waals surface area contributed by atoms with Gasteiger partial charge in [0.05, 0.1) is 24.7 Å². The van der Waals surface area contributed by atoms with E-state index in [1.54, 1.807) is 24.5 Å². The molecule has 1 aromatic heterocycles. The summed E-state index contributed by atoms with van der Waals surface area (Å²) in [6.45, 7) is 5.89. The highest BCUT2D eigenvalue weighted by Gasteiger charge is 2.31. The van der Waals surface area contributed by atoms with Gasteiger partial charge in [0.2, 0.25) is 11.6 Å². The van der Waals surface area contributed by atoms with Gasteiger partial charge in [0, 0.05) is 23.1 Å². The second kappa shape index (κ2) is 9.14. The predicted octanol–water partition coefficient (Wildman–Crippen LogP) is 5.12. The molecular weight excluding hydrogens is 412 g/mol. The van der Waals surface area contributed by atoms with Gasteiger partial charge in [0.1, 0.15) is 12.4 Å². The Morgan fingerprint density at radius 1 is 0.774 bits per heavy atom. The molecule has 0 N–H and O–H groups in total. The average molecular weight is 437 g/mol. The van der Waals surface area contributed by atoms with E-state index in [9.17, 15) is 9.59 Å². The van der Waals surface area contributed by atoms with Crippen molar-refractivity contribution < 1.29 is 23.8 Å². The molecule has 5 nitrogen and oxygen atoms in total. The molecule has 31 heavy (non-hydrogen) atoms. The van der Waals surface area contributed by atoms with Crippen LogP contribution in [0.1, 0.15) is 31.2 Å². The monoisotopic (exact) mass is 436 g/mol. The van der Waals surface area contributed by atoms with E-state index < -0.39 is 11.6 Å². The highest BCUT2D eigenvalue weighted by molar-refractivity contribution is 7.15. The fourth-order valence-electron chi connectivity index (χ4n) is 3.69. The number of carbonyl (C=O) groups excluding carboxylic acids is 2. The minimum Gasteiger partial charge on any atom is -0.490 e. The first-order valence-electron chi connectivity index (χ1n) is 10.1. The van der Waals surface area contributed by atoms with Gasteiger partial charge in [-0.15, -0.1) is 11.3 Å². The molecule has 0 aliphatic heterocycles. The molecule has 0 radical (unpaired) electrons. The van der Waals surface area contributed by atoms with Gasteiger partial charge >= 0.3 is 0 Å². The molecule has 0 saturated heterocycles. The van der Waals surface area contributed by atoms with Gasteiger partial charge in [-0.3, -0.25) is 9.59 Å². The minimum absolute atomic E-state index is 0.419. The maximum Gasteiger partial charge on any atom is 0.234 e. The lowest BCUT2D eigenvalue weighted by Gasteiger charge is -2.19. The van der Waals surface area contributed by atoms with E-state index in [2.05, 4.69) is 0 Å². The first-order chi connectivity index (χ1) is 15.0. The van der Waals surface area contributed by atoms with E-state index in [0.717, 1.165) is 37.8 Å². The van der Waals surface area contributed by atoms with Crippen molar-refractivity contribution in [1.29, 1.82) is 0 Å². The lowest BCUT2D eigenvalue weighted by Crippen LogP contribution is -2.21. The fraction of sp³-hybridized carbons (Fsp3) is 0.280. The zero-order valence-electron chi connectivity index (χ0n) is 17.8. The number of fused-ring (bicyclic) bond motifs is 3. The molecule has 4 rings (SSSR count). The fourth-order valence-corrected chi connectivity index (χ4v) is 4.64. The second-order valence-corrected chi connectivity index (χ2v) is 8.73. The van der Waals surface area contributed by atoms with E-state index in [1.807, 2.05) is 50.2 Å². The summed E-state index contributed by atoms with van der Waals surface area (Å²) in [5.74, 6) is -0.156. The highest BCUT2D eigenvalue weighted by Crippen LogP contribution is 2.42. The summed E-state index contributed by atoms with van der Waals surface area (Å²) in [4.78, 5) is 27.6. The van der Waals surface area contributed by atoms with E-state index in [0.29, 0.717) is 37.6 Å². The average Bonchev–Trinajstić information content (AvgIpc) is 3.14. The van der Waals surface area contributed by atoms with Crippen LogP contribution in [0.2, 0.25) is 0 Å². The van der Waals surface area contributed by atoms with Gasteiger partial charge in [-0.05, 0) is 48.7 Å². The maximum atomic E-state index is 12.9. The quantitative estimate of drug-likeness (QED) is 0.362. The van der Waals surface area contributed by atoms with Crippen LogP contribution in [0.4, 0.5) is 0 Å². The van der Waals surface area contributed by atoms with E-state index in [1.165, 1.54) is 0 Å². The molecule has 2 aromatic carbocycles. The molecule has 0 saturated carbocycles. The molecule has 0 bridgehead atoms. The van der Waals surface area contributed by atoms with Crippen molar-refractivity contribution in [3.05, 3.63) is 64.0 Å². The summed E-state index contributed by atoms with van der Waals surface area (Å²) >= 11 is 1.60. The number of Topliss-reactive ketones (excluding diaryl/α,β-unsaturated/α-hetero) is 2. The molecule has 1 aliphatic carbocycles. The Bertz CT molecular complexity index is 1140. The van der Waals surface area contributed by atoms with Crippen molar-refractivity contribution in [2.24, 2.45) is 0 Å². The van der Waals surface area contributed by atoms with Crippen LogP contribution in [0.15, 0.2) is 42.5 Å². The molecule has 0 spiro atoms. The number of benzene rings is 2. The van der Waals surface area contributed by atoms with Gasteiger partial charge in [-0.25, -0.2) is 0 Å². The number of hydrogen-bond acceptors (Lipinski definition) is 6. The number of ketones is 2.